The van der Waals surface area contributed by atoms with Crippen LogP contribution in [0.15, 0.2) is 17.0 Å². The van der Waals surface area contributed by atoms with Crippen LogP contribution in [0.1, 0.15) is 24.0 Å². The first-order valence-corrected chi connectivity index (χ1v) is 9.14. The quantitative estimate of drug-likeness (QED) is 0.782. The molecular formula is C14H19Cl2NO3S. The molecule has 0 aliphatic carbocycles. The second-order valence-electron chi connectivity index (χ2n) is 5.19. The van der Waals surface area contributed by atoms with Crippen LogP contribution in [0, 0.1) is 6.92 Å². The van der Waals surface area contributed by atoms with Crippen molar-refractivity contribution in [3.63, 3.8) is 0 Å². The van der Waals surface area contributed by atoms with Crippen molar-refractivity contribution in [3.05, 3.63) is 28.3 Å². The van der Waals surface area contributed by atoms with Crippen LogP contribution in [0.2, 0.25) is 5.02 Å². The smallest absolute Gasteiger partial charge is 0.243 e. The number of hydrogen-bond donors (Lipinski definition) is 0. The molecule has 21 heavy (non-hydrogen) atoms. The summed E-state index contributed by atoms with van der Waals surface area (Å²) >= 11 is 11.9. The van der Waals surface area contributed by atoms with Crippen molar-refractivity contribution in [2.24, 2.45) is 0 Å². The van der Waals surface area contributed by atoms with Crippen LogP contribution in [0.4, 0.5) is 0 Å². The van der Waals surface area contributed by atoms with E-state index in [-0.39, 0.29) is 16.8 Å². The van der Waals surface area contributed by atoms with Gasteiger partial charge < -0.3 is 4.74 Å². The molecule has 1 aliphatic heterocycles. The first-order valence-electron chi connectivity index (χ1n) is 6.78. The van der Waals surface area contributed by atoms with Gasteiger partial charge in [0.1, 0.15) is 0 Å². The highest BCUT2D eigenvalue weighted by Crippen LogP contribution is 2.29. The number of nitrogens with zero attached hydrogens (tertiary/aromatic N) is 1. The highest BCUT2D eigenvalue weighted by atomic mass is 35.5. The molecule has 1 aromatic rings. The number of alkyl halides is 1. The first kappa shape index (κ1) is 17.0. The van der Waals surface area contributed by atoms with Gasteiger partial charge in [0.25, 0.3) is 0 Å². The largest absolute Gasteiger partial charge is 0.381 e. The summed E-state index contributed by atoms with van der Waals surface area (Å²) < 4.78 is 32.4. The zero-order valence-electron chi connectivity index (χ0n) is 12.1. The van der Waals surface area contributed by atoms with E-state index in [4.69, 9.17) is 27.9 Å². The highest BCUT2D eigenvalue weighted by molar-refractivity contribution is 7.89. The summed E-state index contributed by atoms with van der Waals surface area (Å²) in [6.07, 6.45) is 1.41. The van der Waals surface area contributed by atoms with E-state index in [0.29, 0.717) is 36.6 Å². The fourth-order valence-corrected chi connectivity index (χ4v) is 4.81. The maximum atomic E-state index is 12.9. The Morgan fingerprint density at radius 3 is 2.52 bits per heavy atom. The predicted octanol–water partition coefficient (Wildman–Crippen LogP) is 3.19. The van der Waals surface area contributed by atoms with Crippen molar-refractivity contribution >= 4 is 33.2 Å². The van der Waals surface area contributed by atoms with E-state index >= 15 is 0 Å². The molecule has 0 aromatic heterocycles. The SMILES string of the molecule is Cc1c(CCl)cc(Cl)cc1S(=O)(=O)N(C)C1CCOCC1. The molecule has 0 spiro atoms. The van der Waals surface area contributed by atoms with Crippen molar-refractivity contribution in [2.45, 2.75) is 36.6 Å². The molecule has 1 heterocycles. The summed E-state index contributed by atoms with van der Waals surface area (Å²) in [7, 11) is -1.97. The Labute approximate surface area is 136 Å². The van der Waals surface area contributed by atoms with Crippen LogP contribution in [0.5, 0.6) is 0 Å². The van der Waals surface area contributed by atoms with E-state index in [9.17, 15) is 8.42 Å². The summed E-state index contributed by atoms with van der Waals surface area (Å²) in [5.74, 6) is 0.232. The predicted molar refractivity (Wildman–Crippen MR) is 84.5 cm³/mol. The average Bonchev–Trinajstić information content (AvgIpc) is 2.49. The highest BCUT2D eigenvalue weighted by Gasteiger charge is 2.31. The van der Waals surface area contributed by atoms with Crippen molar-refractivity contribution in [1.29, 1.82) is 0 Å². The number of halogens is 2. The standard InChI is InChI=1S/C14H19Cl2NO3S/c1-10-11(9-15)7-12(16)8-14(10)21(18,19)17(2)13-3-5-20-6-4-13/h7-8,13H,3-6,9H2,1-2H3. The Hall–Kier alpha value is -0.330. The van der Waals surface area contributed by atoms with Gasteiger partial charge in [-0.3, -0.25) is 0 Å². The number of benzene rings is 1. The van der Waals surface area contributed by atoms with Crippen LogP contribution in [-0.4, -0.2) is 39.0 Å². The van der Waals surface area contributed by atoms with Gasteiger partial charge in [0.2, 0.25) is 10.0 Å². The van der Waals surface area contributed by atoms with Crippen molar-refractivity contribution in [3.8, 4) is 0 Å². The van der Waals surface area contributed by atoms with Gasteiger partial charge in [-0.1, -0.05) is 11.6 Å². The number of hydrogen-bond acceptors (Lipinski definition) is 3. The van der Waals surface area contributed by atoms with Gasteiger partial charge in [-0.15, -0.1) is 11.6 Å². The molecule has 1 fully saturated rings. The average molecular weight is 352 g/mol. The second kappa shape index (κ2) is 6.84. The molecule has 1 saturated heterocycles. The van der Waals surface area contributed by atoms with Crippen molar-refractivity contribution < 1.29 is 13.2 Å². The molecule has 2 rings (SSSR count). The third kappa shape index (κ3) is 3.54. The molecule has 0 unspecified atom stereocenters. The van der Waals surface area contributed by atoms with E-state index in [1.165, 1.54) is 10.4 Å². The van der Waals surface area contributed by atoms with E-state index in [2.05, 4.69) is 0 Å². The minimum absolute atomic E-state index is 0.0402. The number of sulfonamides is 1. The molecule has 0 amide bonds. The minimum atomic E-state index is -3.59. The second-order valence-corrected chi connectivity index (χ2v) is 7.86. The topological polar surface area (TPSA) is 46.6 Å². The normalized spacial score (nSPS) is 17.4. The first-order chi connectivity index (χ1) is 9.87. The molecule has 0 bridgehead atoms. The van der Waals surface area contributed by atoms with E-state index in [1.807, 2.05) is 0 Å². The molecule has 1 aromatic carbocycles. The lowest BCUT2D eigenvalue weighted by Crippen LogP contribution is -2.40. The van der Waals surface area contributed by atoms with Crippen LogP contribution >= 0.6 is 23.2 Å². The maximum absolute atomic E-state index is 12.9. The van der Waals surface area contributed by atoms with Gasteiger partial charge in [0, 0.05) is 37.2 Å². The van der Waals surface area contributed by atoms with E-state index < -0.39 is 10.0 Å². The number of rotatable bonds is 4. The van der Waals surface area contributed by atoms with Crippen LogP contribution < -0.4 is 0 Å². The third-order valence-electron chi connectivity index (χ3n) is 3.94. The lowest BCUT2D eigenvalue weighted by Gasteiger charge is -2.31. The van der Waals surface area contributed by atoms with Gasteiger partial charge >= 0.3 is 0 Å². The Morgan fingerprint density at radius 1 is 1.33 bits per heavy atom. The molecule has 0 radical (unpaired) electrons. The lowest BCUT2D eigenvalue weighted by atomic mass is 10.1. The number of ether oxygens (including phenoxy) is 1. The maximum Gasteiger partial charge on any atom is 0.243 e. The van der Waals surface area contributed by atoms with Crippen LogP contribution in [-0.2, 0) is 20.6 Å². The molecule has 1 aliphatic rings. The molecule has 4 nitrogen and oxygen atoms in total. The molecule has 118 valence electrons. The Morgan fingerprint density at radius 2 is 1.95 bits per heavy atom. The van der Waals surface area contributed by atoms with Crippen LogP contribution in [0.3, 0.4) is 0 Å². The summed E-state index contributed by atoms with van der Waals surface area (Å²) in [5, 5.41) is 0.384. The molecule has 0 N–H and O–H groups in total. The minimum Gasteiger partial charge on any atom is -0.381 e. The fraction of sp³-hybridized carbons (Fsp3) is 0.571. The molecule has 0 saturated carbocycles. The van der Waals surface area contributed by atoms with E-state index in [0.717, 1.165) is 5.56 Å². The van der Waals surface area contributed by atoms with Crippen LogP contribution in [0.25, 0.3) is 0 Å². The monoisotopic (exact) mass is 351 g/mol. The molecular weight excluding hydrogens is 333 g/mol. The van der Waals surface area contributed by atoms with Gasteiger partial charge in [0.15, 0.2) is 0 Å². The summed E-state index contributed by atoms with van der Waals surface area (Å²) in [4.78, 5) is 0.236. The molecule has 7 heteroatoms. The van der Waals surface area contributed by atoms with Gasteiger partial charge in [-0.25, -0.2) is 8.42 Å². The molecule has 0 atom stereocenters. The van der Waals surface area contributed by atoms with Crippen molar-refractivity contribution in [1.82, 2.24) is 4.31 Å². The van der Waals surface area contributed by atoms with Crippen molar-refractivity contribution in [2.75, 3.05) is 20.3 Å². The van der Waals surface area contributed by atoms with Gasteiger partial charge in [-0.05, 0) is 43.0 Å². The summed E-state index contributed by atoms with van der Waals surface area (Å²) in [6, 6.07) is 3.16. The zero-order valence-corrected chi connectivity index (χ0v) is 14.4. The van der Waals surface area contributed by atoms with E-state index in [1.54, 1.807) is 20.0 Å². The summed E-state index contributed by atoms with van der Waals surface area (Å²) in [5.41, 5.74) is 1.40. The zero-order chi connectivity index (χ0) is 15.6. The Bertz CT molecular complexity index is 613. The van der Waals surface area contributed by atoms with Gasteiger partial charge in [-0.2, -0.15) is 4.31 Å². The Kier molecular flexibility index (Phi) is 5.54. The fourth-order valence-electron chi connectivity index (χ4n) is 2.51. The van der Waals surface area contributed by atoms with Gasteiger partial charge in [0.05, 0.1) is 4.90 Å². The summed E-state index contributed by atoms with van der Waals surface area (Å²) in [6.45, 7) is 2.94. The Balaban J connectivity index is 2.41. The lowest BCUT2D eigenvalue weighted by molar-refractivity contribution is 0.0632. The third-order valence-corrected chi connectivity index (χ3v) is 6.48.